The highest BCUT2D eigenvalue weighted by Crippen LogP contribution is 2.65. The molecule has 0 bridgehead atoms. The lowest BCUT2D eigenvalue weighted by molar-refractivity contribution is -0.118. The van der Waals surface area contributed by atoms with E-state index in [0.717, 1.165) is 41.9 Å². The van der Waals surface area contributed by atoms with Crippen LogP contribution in [0.5, 0.6) is 0 Å². The van der Waals surface area contributed by atoms with E-state index in [-0.39, 0.29) is 0 Å². The van der Waals surface area contributed by atoms with Crippen LogP contribution < -0.4 is 5.84 Å². The Kier molecular flexibility index (Phi) is 4.96. The number of rotatable bonds is 4. The first kappa shape index (κ1) is 18.5. The second-order valence-electron chi connectivity index (χ2n) is 10.5. The fraction of sp³-hybridized carbons (Fsp3) is 0.870. The highest BCUT2D eigenvalue weighted by Gasteiger charge is 2.57. The molecule has 8 atom stereocenters. The molecule has 8 unspecified atom stereocenters. The Morgan fingerprint density at radius 1 is 1.12 bits per heavy atom. The quantitative estimate of drug-likeness (QED) is 0.258. The predicted octanol–water partition coefficient (Wildman–Crippen LogP) is 4.78. The van der Waals surface area contributed by atoms with Crippen LogP contribution in [0.2, 0.25) is 0 Å². The summed E-state index contributed by atoms with van der Waals surface area (Å²) < 4.78 is 0. The molecule has 0 aromatic rings. The molecule has 0 aliphatic heterocycles. The van der Waals surface area contributed by atoms with Gasteiger partial charge in [-0.3, -0.25) is 9.80 Å². The topological polar surface area (TPSA) is 46.3 Å². The molecular weight excluding hydrogens is 320 g/mol. The summed E-state index contributed by atoms with van der Waals surface area (Å²) in [6.07, 6.45) is 13.5. The Balaban J connectivity index is 1.49. The minimum absolute atomic E-state index is 0.386. The van der Waals surface area contributed by atoms with E-state index in [1.807, 2.05) is 0 Å². The molecule has 4 saturated carbocycles. The summed E-state index contributed by atoms with van der Waals surface area (Å²) in [6.45, 7) is 9.88. The van der Waals surface area contributed by atoms with Gasteiger partial charge in [-0.1, -0.05) is 32.4 Å². The first-order valence-corrected chi connectivity index (χ1v) is 11.1. The van der Waals surface area contributed by atoms with E-state index in [4.69, 9.17) is 5.84 Å². The molecule has 26 heavy (non-hydrogen) atoms. The number of nitrogens with two attached hydrogens (primary N) is 1. The molecular formula is C23H38N2O. The van der Waals surface area contributed by atoms with Crippen molar-refractivity contribution in [3.63, 3.8) is 0 Å². The number of hydrazine groups is 1. The molecule has 3 heteroatoms. The Labute approximate surface area is 159 Å². The van der Waals surface area contributed by atoms with Crippen molar-refractivity contribution in [2.24, 2.45) is 52.7 Å². The van der Waals surface area contributed by atoms with Crippen molar-refractivity contribution in [3.8, 4) is 0 Å². The average Bonchev–Trinajstić information content (AvgIpc) is 2.98. The first-order valence-electron chi connectivity index (χ1n) is 11.1. The van der Waals surface area contributed by atoms with Gasteiger partial charge in [-0.25, -0.2) is 5.84 Å². The summed E-state index contributed by atoms with van der Waals surface area (Å²) in [7, 11) is 0. The molecule has 0 saturated heterocycles. The van der Waals surface area contributed by atoms with E-state index in [1.165, 1.54) is 68.4 Å². The van der Waals surface area contributed by atoms with Crippen LogP contribution in [-0.4, -0.2) is 18.0 Å². The summed E-state index contributed by atoms with van der Waals surface area (Å²) in [5, 5.41) is 1.26. The molecule has 4 fully saturated rings. The third-order valence-corrected chi connectivity index (χ3v) is 9.23. The molecule has 0 heterocycles. The van der Waals surface area contributed by atoms with Crippen LogP contribution in [-0.2, 0) is 4.79 Å². The third-order valence-electron chi connectivity index (χ3n) is 9.23. The molecule has 0 aromatic heterocycles. The van der Waals surface area contributed by atoms with E-state index < -0.39 is 0 Å². The van der Waals surface area contributed by atoms with Crippen molar-refractivity contribution < 1.29 is 4.79 Å². The van der Waals surface area contributed by atoms with Crippen LogP contribution in [0.1, 0.15) is 71.6 Å². The Bertz CT molecular complexity index is 560. The average molecular weight is 359 g/mol. The van der Waals surface area contributed by atoms with Crippen molar-refractivity contribution in [2.75, 3.05) is 6.54 Å². The van der Waals surface area contributed by atoms with Gasteiger partial charge in [0.05, 0.1) is 6.54 Å². The van der Waals surface area contributed by atoms with Crippen LogP contribution in [0.3, 0.4) is 0 Å². The monoisotopic (exact) mass is 358 g/mol. The SMILES string of the molecule is C=C(CN(N)C=O)C1CCC2C3CCC4CC(C)CCC4C3CCC12C. The zero-order chi connectivity index (χ0) is 18.5. The lowest BCUT2D eigenvalue weighted by atomic mass is 9.49. The minimum Gasteiger partial charge on any atom is -0.279 e. The van der Waals surface area contributed by atoms with Crippen LogP contribution in [0.15, 0.2) is 12.2 Å². The second-order valence-corrected chi connectivity index (χ2v) is 10.5. The zero-order valence-corrected chi connectivity index (χ0v) is 16.8. The first-order chi connectivity index (χ1) is 12.4. The maximum absolute atomic E-state index is 10.9. The number of fused-ring (bicyclic) bond motifs is 5. The Morgan fingerprint density at radius 3 is 2.65 bits per heavy atom. The van der Waals surface area contributed by atoms with E-state index in [0.29, 0.717) is 17.9 Å². The molecule has 0 aromatic carbocycles. The van der Waals surface area contributed by atoms with Crippen molar-refractivity contribution in [1.29, 1.82) is 0 Å². The molecule has 146 valence electrons. The van der Waals surface area contributed by atoms with Gasteiger partial charge < -0.3 is 0 Å². The van der Waals surface area contributed by atoms with Crippen LogP contribution in [0.25, 0.3) is 0 Å². The predicted molar refractivity (Wildman–Crippen MR) is 106 cm³/mol. The molecule has 4 aliphatic carbocycles. The number of hydrogen-bond donors (Lipinski definition) is 1. The van der Waals surface area contributed by atoms with Crippen molar-refractivity contribution in [2.45, 2.75) is 71.6 Å². The summed E-state index contributed by atoms with van der Waals surface area (Å²) in [6, 6.07) is 0. The number of amides is 1. The van der Waals surface area contributed by atoms with Gasteiger partial charge in [-0.05, 0) is 98.2 Å². The molecule has 0 spiro atoms. The molecule has 2 N–H and O–H groups in total. The fourth-order valence-electron chi connectivity index (χ4n) is 8.14. The number of carbonyl (C=O) groups excluding carboxylic acids is 1. The summed E-state index contributed by atoms with van der Waals surface area (Å²) >= 11 is 0. The van der Waals surface area contributed by atoms with Gasteiger partial charge in [-0.2, -0.15) is 0 Å². The van der Waals surface area contributed by atoms with E-state index in [2.05, 4.69) is 20.4 Å². The minimum atomic E-state index is 0.386. The summed E-state index contributed by atoms with van der Waals surface area (Å²) in [5.41, 5.74) is 1.57. The molecule has 0 radical (unpaired) electrons. The van der Waals surface area contributed by atoms with Gasteiger partial charge in [0.2, 0.25) is 6.41 Å². The lowest BCUT2D eigenvalue weighted by Gasteiger charge is -2.56. The second kappa shape index (κ2) is 6.96. The third kappa shape index (κ3) is 2.95. The van der Waals surface area contributed by atoms with Crippen molar-refractivity contribution >= 4 is 6.41 Å². The Morgan fingerprint density at radius 2 is 1.88 bits per heavy atom. The normalized spacial score (nSPS) is 47.4. The molecule has 4 aliphatic rings. The van der Waals surface area contributed by atoms with Crippen molar-refractivity contribution in [1.82, 2.24) is 5.01 Å². The van der Waals surface area contributed by atoms with Gasteiger partial charge >= 0.3 is 0 Å². The molecule has 4 rings (SSSR count). The van der Waals surface area contributed by atoms with Gasteiger partial charge in [0.1, 0.15) is 0 Å². The highest BCUT2D eigenvalue weighted by molar-refractivity contribution is 5.46. The largest absolute Gasteiger partial charge is 0.279 e. The maximum atomic E-state index is 10.9. The standard InChI is InChI=1S/C23H38N2O/c1-15-4-6-18-17(12-15)5-7-20-19(18)10-11-23(3)21(8-9-22(20)23)16(2)13-25(24)14-26/h14-15,17-22H,2,4-13,24H2,1,3H3. The smallest absolute Gasteiger partial charge is 0.223 e. The molecule has 1 amide bonds. The van der Waals surface area contributed by atoms with Crippen LogP contribution in [0.4, 0.5) is 0 Å². The maximum Gasteiger partial charge on any atom is 0.223 e. The number of carbonyl (C=O) groups is 1. The van der Waals surface area contributed by atoms with Crippen molar-refractivity contribution in [3.05, 3.63) is 12.2 Å². The fourth-order valence-corrected chi connectivity index (χ4v) is 8.14. The van der Waals surface area contributed by atoms with E-state index in [1.54, 1.807) is 0 Å². The van der Waals surface area contributed by atoms with Gasteiger partial charge in [-0.15, -0.1) is 0 Å². The zero-order valence-electron chi connectivity index (χ0n) is 16.8. The van der Waals surface area contributed by atoms with Gasteiger partial charge in [0.25, 0.3) is 0 Å². The lowest BCUT2D eigenvalue weighted by Crippen LogP contribution is -2.49. The van der Waals surface area contributed by atoms with Gasteiger partial charge in [0, 0.05) is 0 Å². The van der Waals surface area contributed by atoms with E-state index >= 15 is 0 Å². The van der Waals surface area contributed by atoms with Crippen LogP contribution >= 0.6 is 0 Å². The summed E-state index contributed by atoms with van der Waals surface area (Å²) in [4.78, 5) is 10.9. The van der Waals surface area contributed by atoms with Crippen LogP contribution in [0, 0.1) is 46.8 Å². The van der Waals surface area contributed by atoms with Gasteiger partial charge in [0.15, 0.2) is 0 Å². The summed E-state index contributed by atoms with van der Waals surface area (Å²) in [5.74, 6) is 12.1. The Hall–Kier alpha value is -0.830. The highest BCUT2D eigenvalue weighted by atomic mass is 16.1. The number of nitrogens with zero attached hydrogens (tertiary/aromatic N) is 1. The molecule has 3 nitrogen and oxygen atoms in total. The van der Waals surface area contributed by atoms with E-state index in [9.17, 15) is 4.79 Å². The number of hydrogen-bond acceptors (Lipinski definition) is 2.